The maximum atomic E-state index is 14.5. The largest absolute Gasteiger partial charge is 0.501 e. The molecule has 4 atom stereocenters. The Bertz CT molecular complexity index is 3430. The van der Waals surface area contributed by atoms with Gasteiger partial charge in [-0.3, -0.25) is 29.5 Å². The lowest BCUT2D eigenvalue weighted by atomic mass is 9.73. The van der Waals surface area contributed by atoms with Crippen molar-refractivity contribution in [1.29, 1.82) is 0 Å². The number of alkyl halides is 3. The van der Waals surface area contributed by atoms with Crippen LogP contribution in [0.2, 0.25) is 5.02 Å². The summed E-state index contributed by atoms with van der Waals surface area (Å²) in [5, 5.41) is 9.45. The Labute approximate surface area is 493 Å². The number of nitrogens with one attached hydrogen (secondary N) is 4. The molecule has 4 heterocycles. The molecule has 2 bridgehead atoms. The molecule has 5 aromatic carbocycles. The van der Waals surface area contributed by atoms with Crippen LogP contribution in [0.5, 0.6) is 0 Å². The van der Waals surface area contributed by atoms with E-state index >= 15 is 0 Å². The van der Waals surface area contributed by atoms with Gasteiger partial charge in [0.25, 0.3) is 25.8 Å². The number of carbonyl (C=O) groups is 3. The van der Waals surface area contributed by atoms with E-state index in [1.54, 1.807) is 12.1 Å². The first-order valence-electron chi connectivity index (χ1n) is 28.2. The molecule has 0 saturated carbocycles. The van der Waals surface area contributed by atoms with Crippen LogP contribution in [0.1, 0.15) is 86.7 Å². The maximum absolute atomic E-state index is 14.5. The number of amides is 3. The molecule has 442 valence electrons. The average molecular weight is 1220 g/mol. The highest BCUT2D eigenvalue weighted by atomic mass is 35.5. The summed E-state index contributed by atoms with van der Waals surface area (Å²) in [6.45, 7) is 11.3. The number of hydrogen-bond donors (Lipinski definition) is 4. The van der Waals surface area contributed by atoms with Crippen molar-refractivity contribution < 1.29 is 44.4 Å². The molecule has 0 spiro atoms. The standard InChI is InChI=1S/C61H70ClF3N8O7S3/c1-60(2)27-25-53(42-11-15-45(62)16-12-42)44(35-60)37-70-29-31-72(32-30-70)48-17-13-43(14-18-48)58(75)69-83(79,80)52-21-22-54(56(34-52)82(77,78)61(63,64)65)67-47(40-81-51-9-4-3-5-10-51)26-28-71-38-49-19-20-50(39-71)73(49)36-41-7-6-8-46(33-41)66-55-23-24-57(74)68-59(55)76/h3-18,21-22,33-34,47,49-50,55,66-67H,19-20,23-32,35-40H2,1-2H3,(H,69,75)(H,68,74,76)/t47-,49?,50?,55?/m1/s1. The van der Waals surface area contributed by atoms with Crippen molar-refractivity contribution in [1.82, 2.24) is 24.7 Å². The normalized spacial score (nSPS) is 21.4. The predicted molar refractivity (Wildman–Crippen MR) is 320 cm³/mol. The number of benzene rings is 5. The van der Waals surface area contributed by atoms with Gasteiger partial charge in [0.05, 0.1) is 10.6 Å². The molecular formula is C61H70ClF3N8O7S3. The summed E-state index contributed by atoms with van der Waals surface area (Å²) in [6.07, 6.45) is 6.17. The molecule has 10 rings (SSSR count). The van der Waals surface area contributed by atoms with Gasteiger partial charge in [-0.25, -0.2) is 21.6 Å². The highest BCUT2D eigenvalue weighted by molar-refractivity contribution is 7.99. The number of halogens is 4. The van der Waals surface area contributed by atoms with Gasteiger partial charge >= 0.3 is 5.51 Å². The Morgan fingerprint density at radius 3 is 2.20 bits per heavy atom. The number of piperazine rings is 2. The van der Waals surface area contributed by atoms with Gasteiger partial charge < -0.3 is 20.4 Å². The van der Waals surface area contributed by atoms with E-state index in [1.807, 2.05) is 71.5 Å². The molecule has 5 aliphatic rings. The maximum Gasteiger partial charge on any atom is 0.501 e. The van der Waals surface area contributed by atoms with Gasteiger partial charge in [0.15, 0.2) is 0 Å². The Morgan fingerprint density at radius 2 is 1.52 bits per heavy atom. The fraction of sp³-hybridized carbons (Fsp3) is 0.426. The van der Waals surface area contributed by atoms with Crippen LogP contribution >= 0.6 is 23.4 Å². The van der Waals surface area contributed by atoms with Crippen LogP contribution in [0.4, 0.5) is 30.2 Å². The molecule has 4 N–H and O–H groups in total. The smallest absolute Gasteiger partial charge is 0.380 e. The van der Waals surface area contributed by atoms with Crippen LogP contribution < -0.4 is 25.6 Å². The molecule has 4 aliphatic heterocycles. The Kier molecular flexibility index (Phi) is 18.4. The van der Waals surface area contributed by atoms with Gasteiger partial charge in [-0.1, -0.05) is 73.5 Å². The molecule has 4 saturated heterocycles. The lowest BCUT2D eigenvalue weighted by Gasteiger charge is -2.41. The Hall–Kier alpha value is -5.94. The fourth-order valence-corrected chi connectivity index (χ4v) is 15.3. The van der Waals surface area contributed by atoms with E-state index in [2.05, 4.69) is 61.5 Å². The number of likely N-dealkylation sites (tertiary alicyclic amines) is 1. The topological polar surface area (TPSA) is 181 Å². The van der Waals surface area contributed by atoms with Gasteiger partial charge in [0.1, 0.15) is 10.9 Å². The summed E-state index contributed by atoms with van der Waals surface area (Å²) >= 11 is 7.67. The molecule has 0 aromatic heterocycles. The number of sulfone groups is 1. The monoisotopic (exact) mass is 1210 g/mol. The van der Waals surface area contributed by atoms with E-state index in [0.29, 0.717) is 42.8 Å². The lowest BCUT2D eigenvalue weighted by molar-refractivity contribution is -0.133. The van der Waals surface area contributed by atoms with Crippen LogP contribution in [-0.4, -0.2) is 137 Å². The van der Waals surface area contributed by atoms with E-state index < -0.39 is 58.8 Å². The van der Waals surface area contributed by atoms with Crippen LogP contribution in [0, 0.1) is 5.41 Å². The summed E-state index contributed by atoms with van der Waals surface area (Å²) in [4.78, 5) is 45.9. The van der Waals surface area contributed by atoms with E-state index in [1.165, 1.54) is 40.6 Å². The van der Waals surface area contributed by atoms with Crippen molar-refractivity contribution in [2.24, 2.45) is 5.41 Å². The van der Waals surface area contributed by atoms with E-state index in [0.717, 1.165) is 112 Å². The van der Waals surface area contributed by atoms with Crippen LogP contribution in [-0.2, 0) is 36.0 Å². The average Bonchev–Trinajstić information content (AvgIpc) is 3.85. The molecule has 4 fully saturated rings. The number of allylic oxidation sites excluding steroid dienone is 1. The van der Waals surface area contributed by atoms with E-state index in [9.17, 15) is 44.4 Å². The quantitative estimate of drug-likeness (QED) is 0.0427. The second kappa shape index (κ2) is 25.3. The number of anilines is 3. The highest BCUT2D eigenvalue weighted by Gasteiger charge is 2.49. The number of fused-ring (bicyclic) bond motifs is 2. The zero-order valence-corrected chi connectivity index (χ0v) is 49.7. The first-order valence-corrected chi connectivity index (χ1v) is 32.6. The molecule has 3 amide bonds. The molecule has 22 heteroatoms. The van der Waals surface area contributed by atoms with Gasteiger partial charge in [-0.2, -0.15) is 13.2 Å². The van der Waals surface area contributed by atoms with Crippen molar-refractivity contribution in [3.8, 4) is 0 Å². The van der Waals surface area contributed by atoms with Crippen molar-refractivity contribution in [2.75, 3.05) is 73.6 Å². The molecule has 5 aromatic rings. The minimum absolute atomic E-state index is 0.0153. The summed E-state index contributed by atoms with van der Waals surface area (Å²) in [6, 6.07) is 33.7. The number of nitrogens with zero attached hydrogens (tertiary/aromatic N) is 4. The number of piperidine rings is 1. The van der Waals surface area contributed by atoms with E-state index in [-0.39, 0.29) is 41.3 Å². The van der Waals surface area contributed by atoms with Crippen molar-refractivity contribution in [3.63, 3.8) is 0 Å². The Morgan fingerprint density at radius 1 is 0.807 bits per heavy atom. The third kappa shape index (κ3) is 14.8. The van der Waals surface area contributed by atoms with Crippen molar-refractivity contribution in [3.05, 3.63) is 149 Å². The number of hydrogen-bond acceptors (Lipinski definition) is 14. The molecule has 0 radical (unpaired) electrons. The number of rotatable bonds is 20. The first-order chi connectivity index (χ1) is 39.6. The third-order valence-corrected chi connectivity index (χ3v) is 20.9. The number of imide groups is 1. The van der Waals surface area contributed by atoms with Crippen molar-refractivity contribution in [2.45, 2.75) is 116 Å². The number of thioether (sulfide) groups is 1. The van der Waals surface area contributed by atoms with Gasteiger partial charge in [-0.05, 0) is 146 Å². The minimum Gasteiger partial charge on any atom is -0.380 e. The molecule has 15 nitrogen and oxygen atoms in total. The predicted octanol–water partition coefficient (Wildman–Crippen LogP) is 10.1. The van der Waals surface area contributed by atoms with Crippen LogP contribution in [0.3, 0.4) is 0 Å². The zero-order valence-electron chi connectivity index (χ0n) is 46.5. The molecule has 83 heavy (non-hydrogen) atoms. The van der Waals surface area contributed by atoms with Gasteiger partial charge in [0, 0.05) is 116 Å². The fourth-order valence-electron chi connectivity index (χ4n) is 12.2. The third-order valence-electron chi connectivity index (χ3n) is 16.7. The molecule has 3 unspecified atom stereocenters. The minimum atomic E-state index is -6.13. The Balaban J connectivity index is 0.783. The summed E-state index contributed by atoms with van der Waals surface area (Å²) in [5.74, 6) is -1.32. The van der Waals surface area contributed by atoms with Crippen molar-refractivity contribution >= 4 is 83.6 Å². The zero-order chi connectivity index (χ0) is 58.7. The second-order valence-corrected chi connectivity index (χ2v) is 28.3. The lowest BCUT2D eigenvalue weighted by Crippen LogP contribution is -2.53. The summed E-state index contributed by atoms with van der Waals surface area (Å²) < 4.78 is 100. The summed E-state index contributed by atoms with van der Waals surface area (Å²) in [5.41, 5.74) is 0.726. The first kappa shape index (κ1) is 60.2. The molecule has 1 aliphatic carbocycles. The SMILES string of the molecule is CC1(C)CCC(c2ccc(Cl)cc2)=C(CN2CCN(c3ccc(C(=O)NS(=O)(=O)c4ccc(N[C@H](CCN5CC6CCC(C5)N6Cc5cccc(NC6CCC(=O)NC6=O)c5)CSc5ccccc5)c(S(=O)(=O)C(F)(F)F)c4)cc3)CC2)C1. The van der Waals surface area contributed by atoms with Gasteiger partial charge in [0.2, 0.25) is 11.8 Å². The number of sulfonamides is 1. The highest BCUT2D eigenvalue weighted by Crippen LogP contribution is 2.43. The van der Waals surface area contributed by atoms with Crippen LogP contribution in [0.15, 0.2) is 142 Å². The van der Waals surface area contributed by atoms with Gasteiger partial charge in [-0.15, -0.1) is 11.8 Å². The van der Waals surface area contributed by atoms with E-state index in [4.69, 9.17) is 11.6 Å². The number of carbonyl (C=O) groups excluding carboxylic acids is 3. The van der Waals surface area contributed by atoms with Crippen LogP contribution in [0.25, 0.3) is 5.57 Å². The summed E-state index contributed by atoms with van der Waals surface area (Å²) in [7, 11) is -11.0. The second-order valence-electron chi connectivity index (χ2n) is 23.2. The molecular weight excluding hydrogens is 1150 g/mol.